The Bertz CT molecular complexity index is 2330. The van der Waals surface area contributed by atoms with Crippen molar-refractivity contribution >= 4 is 23.9 Å². The molecule has 6 aromatic rings. The minimum Gasteiger partial charge on any atom is -0.333 e. The summed E-state index contributed by atoms with van der Waals surface area (Å²) in [5, 5.41) is 0. The molecule has 55 heavy (non-hydrogen) atoms. The van der Waals surface area contributed by atoms with Crippen LogP contribution in [0.4, 0.5) is 5.69 Å². The summed E-state index contributed by atoms with van der Waals surface area (Å²) in [6.07, 6.45) is 28.2. The van der Waals surface area contributed by atoms with E-state index in [0.717, 1.165) is 25.0 Å². The quantitative estimate of drug-likeness (QED) is 0.0804. The van der Waals surface area contributed by atoms with Crippen LogP contribution in [0.5, 0.6) is 0 Å². The molecule has 1 unspecified atom stereocenters. The normalized spacial score (nSPS) is 14.6. The van der Waals surface area contributed by atoms with Gasteiger partial charge in [0.25, 0.3) is 0 Å². The molecule has 0 N–H and O–H groups in total. The zero-order chi connectivity index (χ0) is 37.5. The summed E-state index contributed by atoms with van der Waals surface area (Å²) in [6, 6.07) is 56.7. The first kappa shape index (κ1) is 36.6. The largest absolute Gasteiger partial charge is 0.333 e. The molecule has 0 fully saturated rings. The summed E-state index contributed by atoms with van der Waals surface area (Å²) < 4.78 is 0. The molecule has 1 aliphatic rings. The van der Waals surface area contributed by atoms with E-state index in [9.17, 15) is 0 Å². The minimum absolute atomic E-state index is 0.246. The SMILES string of the molecule is C=C\C=C(/C=C\C=C\C=C/C=C\c1ccc(-c2ccc(/C=C\c3ccccc3CCc3ccccc3)cc2)cc1)N1c2ccccc2CC1c1ccccc1. The molecular formula is C54H47N. The van der Waals surface area contributed by atoms with Gasteiger partial charge in [0.1, 0.15) is 0 Å². The van der Waals surface area contributed by atoms with Crippen molar-refractivity contribution < 1.29 is 0 Å². The van der Waals surface area contributed by atoms with E-state index in [0.29, 0.717) is 0 Å². The standard InChI is InChI=1S/C54H47N/c1-2-19-52(55-53-29-18-17-27-51(53)42-54(55)50-25-12-8-13-26-50)28-14-6-4-3-5-9-22-44-31-38-48(39-32-44)49-40-34-45(35-41-49)33-37-47-24-16-15-23-46(47)36-30-43-20-10-7-11-21-43/h2-29,31-35,37-41,54H,1,30,36,42H2/b5-3-,6-4+,22-9-,28-14-,37-33-,52-19+. The Morgan fingerprint density at radius 1 is 0.545 bits per heavy atom. The maximum atomic E-state index is 4.00. The lowest BCUT2D eigenvalue weighted by atomic mass is 9.98. The number of fused-ring (bicyclic) bond motifs is 1. The number of nitrogens with zero attached hydrogens (tertiary/aromatic N) is 1. The number of rotatable bonds is 14. The smallest absolute Gasteiger partial charge is 0.0632 e. The van der Waals surface area contributed by atoms with Crippen molar-refractivity contribution in [3.8, 4) is 11.1 Å². The van der Waals surface area contributed by atoms with Gasteiger partial charge in [-0.25, -0.2) is 0 Å². The number of allylic oxidation sites excluding steroid dienone is 9. The molecule has 6 aromatic carbocycles. The van der Waals surface area contributed by atoms with Gasteiger partial charge in [-0.2, -0.15) is 0 Å². The Morgan fingerprint density at radius 3 is 1.87 bits per heavy atom. The van der Waals surface area contributed by atoms with Gasteiger partial charge in [-0.1, -0.05) is 219 Å². The van der Waals surface area contributed by atoms with E-state index in [-0.39, 0.29) is 6.04 Å². The number of para-hydroxylation sites is 1. The third-order valence-electron chi connectivity index (χ3n) is 10.0. The van der Waals surface area contributed by atoms with Crippen LogP contribution in [0.2, 0.25) is 0 Å². The highest BCUT2D eigenvalue weighted by molar-refractivity contribution is 5.74. The molecule has 0 aliphatic carbocycles. The number of benzene rings is 6. The molecule has 0 radical (unpaired) electrons. The molecule has 0 aromatic heterocycles. The van der Waals surface area contributed by atoms with Crippen LogP contribution in [0.25, 0.3) is 29.4 Å². The summed E-state index contributed by atoms with van der Waals surface area (Å²) in [7, 11) is 0. The third kappa shape index (κ3) is 9.84. The van der Waals surface area contributed by atoms with Gasteiger partial charge in [0.15, 0.2) is 0 Å². The van der Waals surface area contributed by atoms with Gasteiger partial charge in [0.05, 0.1) is 6.04 Å². The topological polar surface area (TPSA) is 3.24 Å². The van der Waals surface area contributed by atoms with Crippen molar-refractivity contribution in [1.82, 2.24) is 0 Å². The fourth-order valence-electron chi connectivity index (χ4n) is 7.17. The molecule has 268 valence electrons. The number of hydrogen-bond acceptors (Lipinski definition) is 1. The predicted octanol–water partition coefficient (Wildman–Crippen LogP) is 13.9. The molecule has 0 saturated heterocycles. The highest BCUT2D eigenvalue weighted by Crippen LogP contribution is 2.43. The highest BCUT2D eigenvalue weighted by Gasteiger charge is 2.31. The van der Waals surface area contributed by atoms with E-state index in [2.05, 4.69) is 236 Å². The molecule has 0 saturated carbocycles. The Kier molecular flexibility index (Phi) is 12.6. The molecule has 0 bridgehead atoms. The second-order valence-electron chi connectivity index (χ2n) is 13.7. The van der Waals surface area contributed by atoms with Gasteiger partial charge in [-0.05, 0) is 87.6 Å². The fraction of sp³-hybridized carbons (Fsp3) is 0.0741. The number of hydrogen-bond donors (Lipinski definition) is 0. The van der Waals surface area contributed by atoms with Crippen LogP contribution in [0, 0.1) is 0 Å². The lowest BCUT2D eigenvalue weighted by Crippen LogP contribution is -2.23. The van der Waals surface area contributed by atoms with E-state index in [4.69, 9.17) is 0 Å². The third-order valence-corrected chi connectivity index (χ3v) is 10.0. The summed E-state index contributed by atoms with van der Waals surface area (Å²) in [5.41, 5.74) is 13.9. The zero-order valence-corrected chi connectivity index (χ0v) is 31.3. The maximum absolute atomic E-state index is 4.00. The van der Waals surface area contributed by atoms with Gasteiger partial charge in [-0.15, -0.1) is 0 Å². The number of anilines is 1. The molecule has 1 heterocycles. The lowest BCUT2D eigenvalue weighted by molar-refractivity contribution is 0.724. The second-order valence-corrected chi connectivity index (χ2v) is 13.7. The van der Waals surface area contributed by atoms with Crippen LogP contribution >= 0.6 is 0 Å². The van der Waals surface area contributed by atoms with Crippen molar-refractivity contribution in [1.29, 1.82) is 0 Å². The predicted molar refractivity (Wildman–Crippen MR) is 238 cm³/mol. The van der Waals surface area contributed by atoms with Gasteiger partial charge < -0.3 is 4.90 Å². The van der Waals surface area contributed by atoms with Crippen molar-refractivity contribution in [2.75, 3.05) is 4.90 Å². The van der Waals surface area contributed by atoms with Crippen molar-refractivity contribution in [2.24, 2.45) is 0 Å². The van der Waals surface area contributed by atoms with E-state index in [1.807, 2.05) is 6.08 Å². The van der Waals surface area contributed by atoms with Crippen molar-refractivity contribution in [3.63, 3.8) is 0 Å². The number of aryl methyl sites for hydroxylation is 2. The average Bonchev–Trinajstić information content (AvgIpc) is 3.64. The Labute approximate surface area is 327 Å². The van der Waals surface area contributed by atoms with E-state index >= 15 is 0 Å². The fourth-order valence-corrected chi connectivity index (χ4v) is 7.17. The first-order valence-corrected chi connectivity index (χ1v) is 19.2. The average molecular weight is 710 g/mol. The van der Waals surface area contributed by atoms with Gasteiger partial charge in [0, 0.05) is 11.4 Å². The van der Waals surface area contributed by atoms with Crippen molar-refractivity contribution in [3.05, 3.63) is 264 Å². The molecule has 0 amide bonds. The Hall–Kier alpha value is -6.70. The van der Waals surface area contributed by atoms with Crippen LogP contribution in [-0.4, -0.2) is 0 Å². The molecule has 7 rings (SSSR count). The first-order valence-electron chi connectivity index (χ1n) is 19.2. The second kappa shape index (κ2) is 18.9. The minimum atomic E-state index is 0.246. The van der Waals surface area contributed by atoms with Crippen LogP contribution in [-0.2, 0) is 19.3 Å². The maximum Gasteiger partial charge on any atom is 0.0632 e. The first-order chi connectivity index (χ1) is 27.2. The van der Waals surface area contributed by atoms with E-state index in [1.165, 1.54) is 55.8 Å². The molecule has 1 aliphatic heterocycles. The summed E-state index contributed by atoms with van der Waals surface area (Å²) >= 11 is 0. The summed E-state index contributed by atoms with van der Waals surface area (Å²) in [5.74, 6) is 0. The molecule has 1 heteroatoms. The zero-order valence-electron chi connectivity index (χ0n) is 31.3. The Balaban J connectivity index is 0.920. The summed E-state index contributed by atoms with van der Waals surface area (Å²) in [4.78, 5) is 2.43. The van der Waals surface area contributed by atoms with Crippen molar-refractivity contribution in [2.45, 2.75) is 25.3 Å². The van der Waals surface area contributed by atoms with Crippen LogP contribution in [0.15, 0.2) is 225 Å². The summed E-state index contributed by atoms with van der Waals surface area (Å²) in [6.45, 7) is 4.00. The van der Waals surface area contributed by atoms with Gasteiger partial charge in [0.2, 0.25) is 0 Å². The van der Waals surface area contributed by atoms with E-state index in [1.54, 1.807) is 0 Å². The van der Waals surface area contributed by atoms with Gasteiger partial charge >= 0.3 is 0 Å². The molecule has 0 spiro atoms. The monoisotopic (exact) mass is 709 g/mol. The molecular weight excluding hydrogens is 663 g/mol. The van der Waals surface area contributed by atoms with Crippen LogP contribution in [0.1, 0.15) is 45.0 Å². The van der Waals surface area contributed by atoms with Gasteiger partial charge in [-0.3, -0.25) is 0 Å². The molecule has 1 atom stereocenters. The highest BCUT2D eigenvalue weighted by atomic mass is 15.2. The Morgan fingerprint density at radius 2 is 1.15 bits per heavy atom. The lowest BCUT2D eigenvalue weighted by Gasteiger charge is -2.29. The van der Waals surface area contributed by atoms with E-state index < -0.39 is 0 Å². The molecule has 1 nitrogen and oxygen atoms in total. The van der Waals surface area contributed by atoms with Crippen LogP contribution < -0.4 is 4.90 Å². The van der Waals surface area contributed by atoms with Crippen LogP contribution in [0.3, 0.4) is 0 Å².